The van der Waals surface area contributed by atoms with Crippen LogP contribution in [0.1, 0.15) is 47.4 Å². The Labute approximate surface area is 195 Å². The molecule has 34 heavy (non-hydrogen) atoms. The predicted octanol–water partition coefficient (Wildman–Crippen LogP) is 3.82. The number of carbonyl (C=O) groups is 3. The number of pyridine rings is 1. The highest BCUT2D eigenvalue weighted by Gasteiger charge is 2.47. The predicted molar refractivity (Wildman–Crippen MR) is 117 cm³/mol. The van der Waals surface area contributed by atoms with Crippen molar-refractivity contribution in [2.24, 2.45) is 0 Å². The van der Waals surface area contributed by atoms with Gasteiger partial charge in [-0.3, -0.25) is 9.59 Å². The highest BCUT2D eigenvalue weighted by atomic mass is 19.4. The Bertz CT molecular complexity index is 1040. The molecule has 0 unspecified atom stereocenters. The quantitative estimate of drug-likeness (QED) is 0.726. The Hall–Kier alpha value is -3.43. The maximum Gasteiger partial charge on any atom is 0.490 e. The first kappa shape index (κ1) is 25.2. The zero-order chi connectivity index (χ0) is 24.9. The van der Waals surface area contributed by atoms with E-state index in [0.29, 0.717) is 31.7 Å². The maximum absolute atomic E-state index is 12.8. The number of benzene rings is 1. The molecular formula is C24H26F3N3O4. The molecule has 1 N–H and O–H groups in total. The van der Waals surface area contributed by atoms with Crippen LogP contribution in [0.15, 0.2) is 48.5 Å². The summed E-state index contributed by atoms with van der Waals surface area (Å²) in [7, 11) is 0. The van der Waals surface area contributed by atoms with Crippen molar-refractivity contribution in [3.63, 3.8) is 0 Å². The van der Waals surface area contributed by atoms with Gasteiger partial charge < -0.3 is 14.9 Å². The summed E-state index contributed by atoms with van der Waals surface area (Å²) in [6.07, 6.45) is -1.91. The number of aliphatic carboxylic acids is 1. The van der Waals surface area contributed by atoms with Crippen LogP contribution >= 0.6 is 0 Å². The Balaban J connectivity index is 0.000000406. The molecule has 182 valence electrons. The van der Waals surface area contributed by atoms with E-state index in [2.05, 4.69) is 22.0 Å². The number of piperidine rings is 1. The number of nitrogens with zero attached hydrogens (tertiary/aromatic N) is 3. The van der Waals surface area contributed by atoms with Crippen LogP contribution in [0.4, 0.5) is 13.2 Å². The van der Waals surface area contributed by atoms with Gasteiger partial charge in [0.1, 0.15) is 5.69 Å². The summed E-state index contributed by atoms with van der Waals surface area (Å²) in [4.78, 5) is 42.5. The number of alkyl halides is 3. The highest BCUT2D eigenvalue weighted by Crippen LogP contribution is 2.40. The van der Waals surface area contributed by atoms with Gasteiger partial charge in [-0.05, 0) is 43.9 Å². The topological polar surface area (TPSA) is 90.8 Å². The van der Waals surface area contributed by atoms with E-state index in [1.165, 1.54) is 0 Å². The van der Waals surface area contributed by atoms with Crippen LogP contribution in [-0.2, 0) is 16.1 Å². The highest BCUT2D eigenvalue weighted by molar-refractivity contribution is 5.92. The lowest BCUT2D eigenvalue weighted by Gasteiger charge is -2.45. The number of aromatic nitrogens is 1. The first-order valence-corrected chi connectivity index (χ1v) is 10.9. The van der Waals surface area contributed by atoms with E-state index in [1.807, 2.05) is 42.2 Å². The SMILES string of the molecule is Cc1cccc(C(=O)N2CCC3(CCC(=O)N3Cc3ccccc3)CC2)n1.O=C(O)C(F)(F)F. The molecule has 10 heteroatoms. The van der Waals surface area contributed by atoms with E-state index in [0.717, 1.165) is 30.5 Å². The number of halogens is 3. The van der Waals surface area contributed by atoms with Crippen molar-refractivity contribution in [2.45, 2.75) is 50.9 Å². The smallest absolute Gasteiger partial charge is 0.475 e. The van der Waals surface area contributed by atoms with Gasteiger partial charge in [0.25, 0.3) is 5.91 Å². The summed E-state index contributed by atoms with van der Waals surface area (Å²) in [5.41, 5.74) is 2.41. The summed E-state index contributed by atoms with van der Waals surface area (Å²) in [5.74, 6) is -2.53. The molecule has 2 aliphatic rings. The third-order valence-corrected chi connectivity index (χ3v) is 6.19. The largest absolute Gasteiger partial charge is 0.490 e. The average molecular weight is 477 g/mol. The summed E-state index contributed by atoms with van der Waals surface area (Å²) in [6, 6.07) is 15.7. The maximum atomic E-state index is 12.8. The lowest BCUT2D eigenvalue weighted by atomic mass is 9.84. The first-order valence-electron chi connectivity index (χ1n) is 10.9. The van der Waals surface area contributed by atoms with Crippen LogP contribution in [0.3, 0.4) is 0 Å². The minimum Gasteiger partial charge on any atom is -0.475 e. The number of carboxylic acids is 1. The molecule has 2 saturated heterocycles. The fraction of sp³-hybridized carbons (Fsp3) is 0.417. The third kappa shape index (κ3) is 5.92. The van der Waals surface area contributed by atoms with Crippen molar-refractivity contribution in [2.75, 3.05) is 13.1 Å². The molecule has 2 amide bonds. The second kappa shape index (κ2) is 10.2. The summed E-state index contributed by atoms with van der Waals surface area (Å²) >= 11 is 0. The molecule has 4 rings (SSSR count). The number of carboxylic acid groups (broad SMARTS) is 1. The minimum absolute atomic E-state index is 0.00696. The zero-order valence-corrected chi connectivity index (χ0v) is 18.7. The van der Waals surface area contributed by atoms with Crippen LogP contribution in [0.2, 0.25) is 0 Å². The molecule has 1 aromatic heterocycles. The van der Waals surface area contributed by atoms with Crippen molar-refractivity contribution in [3.05, 3.63) is 65.5 Å². The molecule has 0 radical (unpaired) electrons. The number of rotatable bonds is 3. The molecule has 1 aromatic carbocycles. The number of hydrogen-bond donors (Lipinski definition) is 1. The van der Waals surface area contributed by atoms with E-state index in [1.54, 1.807) is 6.07 Å². The summed E-state index contributed by atoms with van der Waals surface area (Å²) in [6.45, 7) is 3.90. The molecule has 7 nitrogen and oxygen atoms in total. The van der Waals surface area contributed by atoms with Gasteiger partial charge in [0.15, 0.2) is 0 Å². The second-order valence-corrected chi connectivity index (χ2v) is 8.45. The van der Waals surface area contributed by atoms with E-state index in [4.69, 9.17) is 9.90 Å². The Kier molecular flexibility index (Phi) is 7.58. The fourth-order valence-corrected chi connectivity index (χ4v) is 4.37. The summed E-state index contributed by atoms with van der Waals surface area (Å²) < 4.78 is 31.7. The number of aryl methyl sites for hydroxylation is 1. The first-order chi connectivity index (χ1) is 16.0. The number of likely N-dealkylation sites (tertiary alicyclic amines) is 2. The lowest BCUT2D eigenvalue weighted by molar-refractivity contribution is -0.192. The molecule has 2 aliphatic heterocycles. The van der Waals surface area contributed by atoms with E-state index in [-0.39, 0.29) is 17.4 Å². The molecule has 2 aromatic rings. The second-order valence-electron chi connectivity index (χ2n) is 8.45. The van der Waals surface area contributed by atoms with Gasteiger partial charge in [0.2, 0.25) is 5.91 Å². The molecule has 0 atom stereocenters. The molecule has 0 saturated carbocycles. The lowest BCUT2D eigenvalue weighted by Crippen LogP contribution is -2.53. The monoisotopic (exact) mass is 477 g/mol. The van der Waals surface area contributed by atoms with Crippen LogP contribution < -0.4 is 0 Å². The molecular weight excluding hydrogens is 451 g/mol. The molecule has 1 spiro atoms. The molecule has 0 bridgehead atoms. The van der Waals surface area contributed by atoms with Crippen molar-refractivity contribution in [1.82, 2.24) is 14.8 Å². The van der Waals surface area contributed by atoms with Crippen molar-refractivity contribution >= 4 is 17.8 Å². The van der Waals surface area contributed by atoms with Crippen molar-refractivity contribution in [1.29, 1.82) is 0 Å². The number of carbonyl (C=O) groups excluding carboxylic acids is 2. The fourth-order valence-electron chi connectivity index (χ4n) is 4.37. The average Bonchev–Trinajstić information content (AvgIpc) is 3.09. The number of amides is 2. The van der Waals surface area contributed by atoms with Gasteiger partial charge in [-0.1, -0.05) is 36.4 Å². The van der Waals surface area contributed by atoms with Crippen LogP contribution in [0.5, 0.6) is 0 Å². The Morgan fingerprint density at radius 1 is 1.03 bits per heavy atom. The molecule has 0 aliphatic carbocycles. The van der Waals surface area contributed by atoms with Crippen LogP contribution in [0, 0.1) is 6.92 Å². The molecule has 2 fully saturated rings. The van der Waals surface area contributed by atoms with Crippen LogP contribution in [0.25, 0.3) is 0 Å². The van der Waals surface area contributed by atoms with Gasteiger partial charge in [-0.15, -0.1) is 0 Å². The Morgan fingerprint density at radius 3 is 2.21 bits per heavy atom. The van der Waals surface area contributed by atoms with E-state index >= 15 is 0 Å². The van der Waals surface area contributed by atoms with E-state index < -0.39 is 12.1 Å². The van der Waals surface area contributed by atoms with Crippen LogP contribution in [-0.4, -0.2) is 62.5 Å². The van der Waals surface area contributed by atoms with Crippen molar-refractivity contribution in [3.8, 4) is 0 Å². The zero-order valence-electron chi connectivity index (χ0n) is 18.7. The summed E-state index contributed by atoms with van der Waals surface area (Å²) in [5, 5.41) is 7.12. The van der Waals surface area contributed by atoms with E-state index in [9.17, 15) is 22.8 Å². The van der Waals surface area contributed by atoms with Crippen molar-refractivity contribution < 1.29 is 32.7 Å². The standard InChI is InChI=1S/C22H25N3O2.C2HF3O2/c1-17-6-5-9-19(23-17)21(27)24-14-12-22(13-15-24)11-10-20(26)25(22)16-18-7-3-2-4-8-18;3-2(4,5)1(6)7/h2-9H,10-16H2,1H3;(H,6,7). The van der Waals surface area contributed by atoms with Gasteiger partial charge in [0, 0.05) is 37.3 Å². The third-order valence-electron chi connectivity index (χ3n) is 6.19. The number of hydrogen-bond acceptors (Lipinski definition) is 4. The Morgan fingerprint density at radius 2 is 1.65 bits per heavy atom. The normalized spacial score (nSPS) is 17.4. The molecule has 3 heterocycles. The van der Waals surface area contributed by atoms with Gasteiger partial charge >= 0.3 is 12.1 Å². The minimum atomic E-state index is -5.08. The van der Waals surface area contributed by atoms with Gasteiger partial charge in [0.05, 0.1) is 0 Å². The van der Waals surface area contributed by atoms with Gasteiger partial charge in [-0.2, -0.15) is 13.2 Å². The van der Waals surface area contributed by atoms with Gasteiger partial charge in [-0.25, -0.2) is 9.78 Å².